The van der Waals surface area contributed by atoms with Crippen molar-refractivity contribution in [3.8, 4) is 5.75 Å². The van der Waals surface area contributed by atoms with E-state index in [0.717, 1.165) is 7.11 Å². The summed E-state index contributed by atoms with van der Waals surface area (Å²) in [5, 5.41) is 9.90. The van der Waals surface area contributed by atoms with Gasteiger partial charge in [-0.3, -0.25) is 0 Å². The largest absolute Gasteiger partial charge is 0.491 e. The van der Waals surface area contributed by atoms with Crippen LogP contribution in [0.15, 0.2) is 11.2 Å². The monoisotopic (exact) mass is 239 g/mol. The molecule has 0 unspecified atom stereocenters. The molecule has 0 fully saturated rings. The van der Waals surface area contributed by atoms with Gasteiger partial charge in [0.1, 0.15) is 0 Å². The molecule has 0 spiro atoms. The van der Waals surface area contributed by atoms with Gasteiger partial charge in [-0.1, -0.05) is 16.8 Å². The van der Waals surface area contributed by atoms with Gasteiger partial charge in [0.05, 0.1) is 12.7 Å². The lowest BCUT2D eigenvalue weighted by molar-refractivity contribution is 0.320. The van der Waals surface area contributed by atoms with Crippen LogP contribution in [0.3, 0.4) is 0 Å². The van der Waals surface area contributed by atoms with Crippen LogP contribution in [0.1, 0.15) is 5.56 Å². The lowest BCUT2D eigenvalue weighted by atomic mass is 10.2. The van der Waals surface area contributed by atoms with Crippen LogP contribution >= 0.6 is 11.6 Å². The zero-order valence-electron chi connectivity index (χ0n) is 7.39. The van der Waals surface area contributed by atoms with Gasteiger partial charge in [-0.15, -0.1) is 0 Å². The van der Waals surface area contributed by atoms with Crippen LogP contribution in [0.5, 0.6) is 5.75 Å². The van der Waals surface area contributed by atoms with Crippen LogP contribution in [-0.2, 0) is 0 Å². The second-order valence-electron chi connectivity index (χ2n) is 2.46. The number of benzene rings is 1. The van der Waals surface area contributed by atoms with Crippen molar-refractivity contribution in [3.63, 3.8) is 0 Å². The Morgan fingerprint density at radius 1 is 1.40 bits per heavy atom. The van der Waals surface area contributed by atoms with Crippen molar-refractivity contribution in [1.82, 2.24) is 0 Å². The number of rotatable bonds is 2. The minimum atomic E-state index is -1.53. The van der Waals surface area contributed by atoms with Crippen molar-refractivity contribution in [2.45, 2.75) is 0 Å². The van der Waals surface area contributed by atoms with Gasteiger partial charge in [-0.05, 0) is 6.07 Å². The molecular formula is C8H5ClF3NO2. The van der Waals surface area contributed by atoms with Gasteiger partial charge >= 0.3 is 0 Å². The molecule has 0 saturated heterocycles. The second-order valence-corrected chi connectivity index (χ2v) is 2.82. The molecule has 0 saturated carbocycles. The van der Waals surface area contributed by atoms with E-state index in [1.807, 2.05) is 0 Å². The number of nitrogens with zero attached hydrogens (tertiary/aromatic N) is 1. The molecule has 15 heavy (non-hydrogen) atoms. The first-order valence-electron chi connectivity index (χ1n) is 3.62. The molecular weight excluding hydrogens is 235 g/mol. The Kier molecular flexibility index (Phi) is 3.41. The first-order valence-corrected chi connectivity index (χ1v) is 4.00. The Hall–Kier alpha value is -1.43. The standard InChI is InChI=1S/C8H5ClF3NO2/c1-15-7-4(10)2-3(8(9)13-14)5(11)6(7)12/h2,14H,1H3. The molecule has 82 valence electrons. The normalized spacial score (nSPS) is 11.7. The highest BCUT2D eigenvalue weighted by molar-refractivity contribution is 6.69. The van der Waals surface area contributed by atoms with Crippen LogP contribution < -0.4 is 4.74 Å². The predicted octanol–water partition coefficient (Wildman–Crippen LogP) is 2.49. The summed E-state index contributed by atoms with van der Waals surface area (Å²) in [5.41, 5.74) is -0.685. The van der Waals surface area contributed by atoms with E-state index in [2.05, 4.69) is 9.89 Å². The molecule has 7 heteroatoms. The second kappa shape index (κ2) is 4.39. The van der Waals surface area contributed by atoms with Crippen molar-refractivity contribution in [3.05, 3.63) is 29.1 Å². The molecule has 0 aromatic heterocycles. The van der Waals surface area contributed by atoms with Crippen molar-refractivity contribution < 1.29 is 23.1 Å². The SMILES string of the molecule is COc1c(F)cc(C(Cl)=NO)c(F)c1F. The number of ether oxygens (including phenoxy) is 1. The first-order chi connectivity index (χ1) is 7.02. The molecule has 1 rings (SSSR count). The maximum atomic E-state index is 13.2. The molecule has 0 amide bonds. The van der Waals surface area contributed by atoms with E-state index in [1.165, 1.54) is 0 Å². The zero-order chi connectivity index (χ0) is 11.6. The summed E-state index contributed by atoms with van der Waals surface area (Å²) >= 11 is 5.22. The lowest BCUT2D eigenvalue weighted by Crippen LogP contribution is -2.04. The summed E-state index contributed by atoms with van der Waals surface area (Å²) < 4.78 is 43.6. The number of hydrogen-bond acceptors (Lipinski definition) is 3. The van der Waals surface area contributed by atoms with E-state index in [1.54, 1.807) is 0 Å². The Labute approximate surface area is 87.7 Å². The fourth-order valence-corrected chi connectivity index (χ4v) is 1.11. The molecule has 0 aliphatic rings. The summed E-state index contributed by atoms with van der Waals surface area (Å²) in [6.07, 6.45) is 0. The van der Waals surface area contributed by atoms with E-state index < -0.39 is 33.9 Å². The predicted molar refractivity (Wildman–Crippen MR) is 47.0 cm³/mol. The maximum absolute atomic E-state index is 13.2. The summed E-state index contributed by atoms with van der Waals surface area (Å²) in [6, 6.07) is 0.569. The van der Waals surface area contributed by atoms with Gasteiger partial charge in [0.15, 0.2) is 22.6 Å². The Balaban J connectivity index is 3.47. The Morgan fingerprint density at radius 2 is 2.00 bits per heavy atom. The molecule has 1 N–H and O–H groups in total. The van der Waals surface area contributed by atoms with Crippen LogP contribution in [0, 0.1) is 17.5 Å². The van der Waals surface area contributed by atoms with E-state index in [9.17, 15) is 13.2 Å². The highest BCUT2D eigenvalue weighted by atomic mass is 35.5. The summed E-state index contributed by atoms with van der Waals surface area (Å²) in [6.45, 7) is 0. The van der Waals surface area contributed by atoms with Gasteiger partial charge in [-0.25, -0.2) is 8.78 Å². The van der Waals surface area contributed by atoms with Crippen molar-refractivity contribution in [1.29, 1.82) is 0 Å². The van der Waals surface area contributed by atoms with E-state index in [0.29, 0.717) is 6.07 Å². The third kappa shape index (κ3) is 1.99. The fraction of sp³-hybridized carbons (Fsp3) is 0.125. The molecule has 0 aliphatic heterocycles. The fourth-order valence-electron chi connectivity index (χ4n) is 0.969. The summed E-state index contributed by atoms with van der Waals surface area (Å²) in [4.78, 5) is 0. The lowest BCUT2D eigenvalue weighted by Gasteiger charge is -2.06. The zero-order valence-corrected chi connectivity index (χ0v) is 8.15. The quantitative estimate of drug-likeness (QED) is 0.373. The van der Waals surface area contributed by atoms with Gasteiger partial charge in [0.2, 0.25) is 5.82 Å². The topological polar surface area (TPSA) is 41.8 Å². The van der Waals surface area contributed by atoms with E-state index in [-0.39, 0.29) is 0 Å². The Morgan fingerprint density at radius 3 is 2.47 bits per heavy atom. The highest BCUT2D eigenvalue weighted by Gasteiger charge is 2.21. The Bertz CT molecular complexity index is 423. The van der Waals surface area contributed by atoms with Gasteiger partial charge in [0, 0.05) is 0 Å². The molecule has 3 nitrogen and oxygen atoms in total. The summed E-state index contributed by atoms with van der Waals surface area (Å²) in [5.74, 6) is -4.99. The molecule has 0 heterocycles. The molecule has 1 aromatic carbocycles. The minimum Gasteiger partial charge on any atom is -0.491 e. The number of methoxy groups -OCH3 is 1. The molecule has 1 aromatic rings. The van der Waals surface area contributed by atoms with Crippen LogP contribution in [0.2, 0.25) is 0 Å². The average Bonchev–Trinajstić information content (AvgIpc) is 2.23. The number of hydrogen-bond donors (Lipinski definition) is 1. The molecule has 0 bridgehead atoms. The third-order valence-electron chi connectivity index (χ3n) is 1.63. The van der Waals surface area contributed by atoms with Gasteiger partial charge in [-0.2, -0.15) is 4.39 Å². The van der Waals surface area contributed by atoms with Crippen LogP contribution in [0.4, 0.5) is 13.2 Å². The molecule has 0 aliphatic carbocycles. The average molecular weight is 240 g/mol. The number of oxime groups is 1. The summed E-state index contributed by atoms with van der Waals surface area (Å²) in [7, 11) is 0.988. The van der Waals surface area contributed by atoms with Gasteiger partial charge < -0.3 is 9.94 Å². The maximum Gasteiger partial charge on any atom is 0.204 e. The minimum absolute atomic E-state index is 0.569. The third-order valence-corrected chi connectivity index (χ3v) is 1.91. The van der Waals surface area contributed by atoms with Crippen LogP contribution in [0.25, 0.3) is 0 Å². The van der Waals surface area contributed by atoms with Crippen LogP contribution in [-0.4, -0.2) is 17.5 Å². The first kappa shape index (κ1) is 11.6. The van der Waals surface area contributed by atoms with Gasteiger partial charge in [0.25, 0.3) is 0 Å². The molecule has 0 atom stereocenters. The van der Waals surface area contributed by atoms with Crippen molar-refractivity contribution in [2.24, 2.45) is 5.16 Å². The van der Waals surface area contributed by atoms with Crippen molar-refractivity contribution >= 4 is 16.8 Å². The highest BCUT2D eigenvalue weighted by Crippen LogP contribution is 2.27. The van der Waals surface area contributed by atoms with E-state index in [4.69, 9.17) is 16.8 Å². The number of halogens is 4. The van der Waals surface area contributed by atoms with E-state index >= 15 is 0 Å². The van der Waals surface area contributed by atoms with Crippen molar-refractivity contribution in [2.75, 3.05) is 7.11 Å². The molecule has 0 radical (unpaired) electrons. The smallest absolute Gasteiger partial charge is 0.204 e.